The number of carbonyl (C=O) groups is 3. The number of thiophene rings is 1. The van der Waals surface area contributed by atoms with E-state index in [4.69, 9.17) is 33.5 Å². The molecule has 11 heteroatoms. The van der Waals surface area contributed by atoms with Gasteiger partial charge in [0.2, 0.25) is 5.91 Å². The van der Waals surface area contributed by atoms with Crippen molar-refractivity contribution in [3.05, 3.63) is 87.8 Å². The molecule has 2 aliphatic rings. The van der Waals surface area contributed by atoms with Crippen LogP contribution in [-0.2, 0) is 15.1 Å². The standard InChI is InChI=1S/C33H34ClN5O4S/c1-17-15-21(43-20-8-4-3-5-9-20)10-11-22(17)33(37)23-12-13-24(35)28-25(23)26(27(36)30(33)40)29(44-28)31(41)38-19-7-6-14-39(16-19)32(42)18(2)34/h3-5,8-13,15,18-19,27H,6-7,14,16,35-37H2,1-2H3,(H,38,41). The zero-order valence-electron chi connectivity index (χ0n) is 24.4. The lowest BCUT2D eigenvalue weighted by atomic mass is 9.69. The first-order valence-electron chi connectivity index (χ1n) is 14.5. The number of rotatable bonds is 6. The maximum atomic E-state index is 14.2. The minimum absolute atomic E-state index is 0.165. The summed E-state index contributed by atoms with van der Waals surface area (Å²) in [6.07, 6.45) is 1.44. The zero-order chi connectivity index (χ0) is 31.3. The topological polar surface area (TPSA) is 154 Å². The van der Waals surface area contributed by atoms with Crippen LogP contribution in [0.2, 0.25) is 0 Å². The fourth-order valence-electron chi connectivity index (χ4n) is 6.39. The summed E-state index contributed by atoms with van der Waals surface area (Å²) in [5.41, 5.74) is 21.4. The summed E-state index contributed by atoms with van der Waals surface area (Å²) in [6.45, 7) is 4.46. The number of anilines is 1. The Balaban J connectivity index is 1.37. The maximum Gasteiger partial charge on any atom is 0.262 e. The van der Waals surface area contributed by atoms with Crippen molar-refractivity contribution in [2.45, 2.75) is 49.7 Å². The molecule has 4 unspecified atom stereocenters. The molecule has 1 aliphatic heterocycles. The van der Waals surface area contributed by atoms with Crippen molar-refractivity contribution >= 4 is 56.3 Å². The van der Waals surface area contributed by atoms with Gasteiger partial charge in [-0.1, -0.05) is 30.3 Å². The molecule has 1 saturated heterocycles. The minimum atomic E-state index is -1.58. The van der Waals surface area contributed by atoms with E-state index in [2.05, 4.69) is 5.32 Å². The average molecular weight is 632 g/mol. The van der Waals surface area contributed by atoms with Crippen LogP contribution in [0.5, 0.6) is 11.5 Å². The molecule has 7 N–H and O–H groups in total. The number of aryl methyl sites for hydroxylation is 1. The van der Waals surface area contributed by atoms with E-state index in [0.29, 0.717) is 68.4 Å². The number of ketones is 1. The Bertz CT molecular complexity index is 1790. The second-order valence-corrected chi connectivity index (χ2v) is 13.2. The molecule has 4 aromatic rings. The molecule has 0 spiro atoms. The number of ether oxygens (including phenoxy) is 1. The number of benzene rings is 3. The van der Waals surface area contributed by atoms with Gasteiger partial charge in [-0.15, -0.1) is 22.9 Å². The Hall–Kier alpha value is -3.96. The van der Waals surface area contributed by atoms with Gasteiger partial charge in [0.15, 0.2) is 5.78 Å². The van der Waals surface area contributed by atoms with E-state index < -0.39 is 22.7 Å². The number of amides is 2. The van der Waals surface area contributed by atoms with Crippen LogP contribution < -0.4 is 27.3 Å². The summed E-state index contributed by atoms with van der Waals surface area (Å²) in [6, 6.07) is 16.9. The third-order valence-electron chi connectivity index (χ3n) is 8.53. The van der Waals surface area contributed by atoms with Gasteiger partial charge in [-0.2, -0.15) is 0 Å². The predicted molar refractivity (Wildman–Crippen MR) is 173 cm³/mol. The first-order chi connectivity index (χ1) is 21.0. The Kier molecular flexibility index (Phi) is 7.87. The molecule has 0 bridgehead atoms. The molecule has 3 aromatic carbocycles. The number of halogens is 1. The predicted octanol–water partition coefficient (Wildman–Crippen LogP) is 4.72. The average Bonchev–Trinajstić information content (AvgIpc) is 3.42. The Morgan fingerprint density at radius 2 is 1.84 bits per heavy atom. The third-order valence-corrected chi connectivity index (χ3v) is 9.97. The molecule has 44 heavy (non-hydrogen) atoms. The van der Waals surface area contributed by atoms with E-state index in [0.717, 1.165) is 12.0 Å². The van der Waals surface area contributed by atoms with Gasteiger partial charge in [0.1, 0.15) is 22.4 Å². The Morgan fingerprint density at radius 3 is 2.55 bits per heavy atom. The number of likely N-dealkylation sites (tertiary alicyclic amines) is 1. The van der Waals surface area contributed by atoms with Crippen LogP contribution in [0, 0.1) is 6.92 Å². The lowest BCUT2D eigenvalue weighted by Crippen LogP contribution is -2.53. The van der Waals surface area contributed by atoms with E-state index in [1.165, 1.54) is 11.3 Å². The van der Waals surface area contributed by atoms with Gasteiger partial charge in [-0.3, -0.25) is 14.4 Å². The normalized spacial score (nSPS) is 22.1. The second kappa shape index (κ2) is 11.5. The zero-order valence-corrected chi connectivity index (χ0v) is 26.0. The highest BCUT2D eigenvalue weighted by molar-refractivity contribution is 7.21. The number of piperidine rings is 1. The van der Waals surface area contributed by atoms with Crippen LogP contribution in [0.1, 0.15) is 57.7 Å². The van der Waals surface area contributed by atoms with Crippen molar-refractivity contribution in [1.82, 2.24) is 10.2 Å². The highest BCUT2D eigenvalue weighted by atomic mass is 35.5. The number of nitrogens with zero attached hydrogens (tertiary/aromatic N) is 1. The van der Waals surface area contributed by atoms with Crippen molar-refractivity contribution in [1.29, 1.82) is 0 Å². The highest BCUT2D eigenvalue weighted by Gasteiger charge is 2.49. The number of Topliss-reactive ketones (excluding diaryl/α,β-unsaturated/α-hetero) is 1. The number of nitrogens with one attached hydrogen (secondary N) is 1. The summed E-state index contributed by atoms with van der Waals surface area (Å²) in [5, 5.41) is 3.05. The van der Waals surface area contributed by atoms with Gasteiger partial charge in [0, 0.05) is 35.8 Å². The van der Waals surface area contributed by atoms with Crippen molar-refractivity contribution in [3.8, 4) is 11.5 Å². The molecule has 4 atom stereocenters. The van der Waals surface area contributed by atoms with Crippen LogP contribution in [-0.4, -0.2) is 47.0 Å². The Labute approximate surface area is 264 Å². The highest BCUT2D eigenvalue weighted by Crippen LogP contribution is 2.50. The molecule has 2 heterocycles. The number of alkyl halides is 1. The third kappa shape index (κ3) is 5.01. The number of nitrogen functional groups attached to an aromatic ring is 1. The van der Waals surface area contributed by atoms with Gasteiger partial charge in [0.25, 0.3) is 5.91 Å². The number of carbonyl (C=O) groups excluding carboxylic acids is 3. The van der Waals surface area contributed by atoms with Gasteiger partial charge < -0.3 is 32.2 Å². The molecule has 1 aromatic heterocycles. The van der Waals surface area contributed by atoms with Crippen molar-refractivity contribution in [3.63, 3.8) is 0 Å². The molecule has 0 radical (unpaired) electrons. The summed E-state index contributed by atoms with van der Waals surface area (Å²) < 4.78 is 6.65. The van der Waals surface area contributed by atoms with Crippen LogP contribution in [0.15, 0.2) is 60.7 Å². The van der Waals surface area contributed by atoms with Crippen molar-refractivity contribution < 1.29 is 19.1 Å². The summed E-state index contributed by atoms with van der Waals surface area (Å²) in [4.78, 5) is 42.4. The SMILES string of the molecule is Cc1cc(Oc2ccccc2)ccc1C1(N)C(=O)C(N)c2c(C(=O)NC3CCCN(C(=O)C(C)Cl)C3)sc3c(N)ccc1c23. The minimum Gasteiger partial charge on any atom is -0.457 e. The van der Waals surface area contributed by atoms with Gasteiger partial charge in [0.05, 0.1) is 15.6 Å². The number of para-hydroxylation sites is 1. The van der Waals surface area contributed by atoms with E-state index in [1.807, 2.05) is 43.3 Å². The first kappa shape index (κ1) is 30.1. The molecule has 0 saturated carbocycles. The van der Waals surface area contributed by atoms with Crippen molar-refractivity contribution in [2.24, 2.45) is 11.5 Å². The quantitative estimate of drug-likeness (QED) is 0.177. The van der Waals surface area contributed by atoms with Gasteiger partial charge >= 0.3 is 0 Å². The number of hydrogen-bond acceptors (Lipinski definition) is 8. The van der Waals surface area contributed by atoms with Crippen LogP contribution in [0.3, 0.4) is 0 Å². The lowest BCUT2D eigenvalue weighted by Gasteiger charge is -2.37. The smallest absolute Gasteiger partial charge is 0.262 e. The van der Waals surface area contributed by atoms with Crippen LogP contribution in [0.4, 0.5) is 5.69 Å². The molecule has 6 rings (SSSR count). The van der Waals surface area contributed by atoms with E-state index in [9.17, 15) is 14.4 Å². The maximum absolute atomic E-state index is 14.2. The van der Waals surface area contributed by atoms with Crippen molar-refractivity contribution in [2.75, 3.05) is 18.8 Å². The first-order valence-corrected chi connectivity index (χ1v) is 15.8. The fraction of sp³-hybridized carbons (Fsp3) is 0.303. The fourth-order valence-corrected chi connectivity index (χ4v) is 7.73. The number of hydrogen-bond donors (Lipinski definition) is 4. The van der Waals surface area contributed by atoms with Gasteiger partial charge in [-0.05, 0) is 73.7 Å². The van der Waals surface area contributed by atoms with E-state index in [1.54, 1.807) is 36.1 Å². The largest absolute Gasteiger partial charge is 0.457 e. The lowest BCUT2D eigenvalue weighted by molar-refractivity contribution is -0.131. The van der Waals surface area contributed by atoms with E-state index >= 15 is 0 Å². The Morgan fingerprint density at radius 1 is 1.11 bits per heavy atom. The molecular weight excluding hydrogens is 598 g/mol. The molecule has 2 amide bonds. The molecule has 1 aliphatic carbocycles. The van der Waals surface area contributed by atoms with Gasteiger partial charge in [-0.25, -0.2) is 0 Å². The molecule has 1 fully saturated rings. The molecule has 228 valence electrons. The van der Waals surface area contributed by atoms with Crippen LogP contribution >= 0.6 is 22.9 Å². The van der Waals surface area contributed by atoms with E-state index in [-0.39, 0.29) is 17.9 Å². The molecule has 9 nitrogen and oxygen atoms in total. The summed E-state index contributed by atoms with van der Waals surface area (Å²) >= 11 is 7.23. The monoisotopic (exact) mass is 631 g/mol. The second-order valence-electron chi connectivity index (χ2n) is 11.5. The van der Waals surface area contributed by atoms with Crippen LogP contribution in [0.25, 0.3) is 10.1 Å². The number of nitrogens with two attached hydrogens (primary N) is 3. The summed E-state index contributed by atoms with van der Waals surface area (Å²) in [7, 11) is 0. The summed E-state index contributed by atoms with van der Waals surface area (Å²) in [5.74, 6) is 0.342. The molecular formula is C33H34ClN5O4S.